The van der Waals surface area contributed by atoms with Crippen LogP contribution in [-0.4, -0.2) is 9.62 Å². The molecule has 0 heterocycles. The fourth-order valence-electron chi connectivity index (χ4n) is 0.655. The topological polar surface area (TPSA) is 20.2 Å². The van der Waals surface area contributed by atoms with Gasteiger partial charge in [0.2, 0.25) is 0 Å². The Hall–Kier alpha value is 0.400. The SMILES string of the molecule is OC1(Br)C=C(Br)C=CC1. The van der Waals surface area contributed by atoms with E-state index in [0.29, 0.717) is 6.42 Å². The first kappa shape index (κ1) is 7.51. The summed E-state index contributed by atoms with van der Waals surface area (Å²) in [5.41, 5.74) is 0. The molecule has 0 saturated carbocycles. The zero-order valence-corrected chi connectivity index (χ0v) is 7.81. The van der Waals surface area contributed by atoms with Crippen molar-refractivity contribution in [2.24, 2.45) is 0 Å². The maximum absolute atomic E-state index is 9.30. The van der Waals surface area contributed by atoms with E-state index in [1.165, 1.54) is 0 Å². The Morgan fingerprint density at radius 2 is 2.33 bits per heavy atom. The summed E-state index contributed by atoms with van der Waals surface area (Å²) in [4.78, 5) is 0. The Labute approximate surface area is 70.7 Å². The number of halogens is 2. The minimum absolute atomic E-state index is 0.627. The third-order valence-electron chi connectivity index (χ3n) is 1.04. The van der Waals surface area contributed by atoms with Gasteiger partial charge < -0.3 is 5.11 Å². The van der Waals surface area contributed by atoms with Gasteiger partial charge in [-0.3, -0.25) is 0 Å². The van der Waals surface area contributed by atoms with E-state index in [-0.39, 0.29) is 0 Å². The molecule has 3 heteroatoms. The molecule has 0 aromatic carbocycles. The van der Waals surface area contributed by atoms with E-state index in [0.717, 1.165) is 4.48 Å². The highest BCUT2D eigenvalue weighted by Gasteiger charge is 2.19. The van der Waals surface area contributed by atoms with Crippen molar-refractivity contribution < 1.29 is 5.11 Å². The van der Waals surface area contributed by atoms with Crippen molar-refractivity contribution >= 4 is 31.9 Å². The standard InChI is InChI=1S/C6H6Br2O/c7-5-2-1-3-6(8,9)4-5/h1-2,4,9H,3H2. The second kappa shape index (κ2) is 2.56. The van der Waals surface area contributed by atoms with Crippen molar-refractivity contribution in [1.29, 1.82) is 0 Å². The second-order valence-corrected chi connectivity index (χ2v) is 4.24. The Kier molecular flexibility index (Phi) is 2.14. The maximum Gasteiger partial charge on any atom is 0.142 e. The van der Waals surface area contributed by atoms with E-state index in [9.17, 15) is 5.11 Å². The predicted molar refractivity (Wildman–Crippen MR) is 44.6 cm³/mol. The minimum Gasteiger partial charge on any atom is -0.375 e. The third kappa shape index (κ3) is 2.24. The van der Waals surface area contributed by atoms with E-state index in [2.05, 4.69) is 31.9 Å². The smallest absolute Gasteiger partial charge is 0.142 e. The van der Waals surface area contributed by atoms with Crippen molar-refractivity contribution in [3.8, 4) is 0 Å². The van der Waals surface area contributed by atoms with Crippen molar-refractivity contribution in [3.05, 3.63) is 22.7 Å². The zero-order valence-electron chi connectivity index (χ0n) is 4.64. The van der Waals surface area contributed by atoms with Crippen LogP contribution in [0.5, 0.6) is 0 Å². The Morgan fingerprint density at radius 1 is 1.67 bits per heavy atom. The first-order valence-corrected chi connectivity index (χ1v) is 4.15. The molecular weight excluding hydrogens is 248 g/mol. The summed E-state index contributed by atoms with van der Waals surface area (Å²) in [5, 5.41) is 9.30. The van der Waals surface area contributed by atoms with E-state index in [1.807, 2.05) is 12.2 Å². The first-order valence-electron chi connectivity index (χ1n) is 2.56. The summed E-state index contributed by atoms with van der Waals surface area (Å²) in [6, 6.07) is 0. The summed E-state index contributed by atoms with van der Waals surface area (Å²) in [7, 11) is 0. The van der Waals surface area contributed by atoms with Gasteiger partial charge in [0.15, 0.2) is 0 Å². The van der Waals surface area contributed by atoms with Gasteiger partial charge in [0.1, 0.15) is 4.51 Å². The molecule has 0 fully saturated rings. The lowest BCUT2D eigenvalue weighted by molar-refractivity contribution is 0.197. The van der Waals surface area contributed by atoms with Gasteiger partial charge in [0, 0.05) is 10.9 Å². The average Bonchev–Trinajstić information content (AvgIpc) is 1.60. The van der Waals surface area contributed by atoms with Crippen molar-refractivity contribution in [1.82, 2.24) is 0 Å². The van der Waals surface area contributed by atoms with Gasteiger partial charge in [0.05, 0.1) is 0 Å². The van der Waals surface area contributed by atoms with E-state index in [1.54, 1.807) is 6.08 Å². The van der Waals surface area contributed by atoms with Crippen molar-refractivity contribution in [3.63, 3.8) is 0 Å². The fourth-order valence-corrected chi connectivity index (χ4v) is 1.96. The zero-order chi connectivity index (χ0) is 6.91. The van der Waals surface area contributed by atoms with Gasteiger partial charge in [-0.25, -0.2) is 0 Å². The normalized spacial score (nSPS) is 34.3. The molecule has 0 spiro atoms. The highest BCUT2D eigenvalue weighted by atomic mass is 79.9. The lowest BCUT2D eigenvalue weighted by Gasteiger charge is -2.17. The molecule has 50 valence electrons. The van der Waals surface area contributed by atoms with Gasteiger partial charge in [-0.2, -0.15) is 0 Å². The lowest BCUT2D eigenvalue weighted by Crippen LogP contribution is -2.16. The molecule has 0 aromatic heterocycles. The Balaban J connectivity index is 2.78. The summed E-state index contributed by atoms with van der Waals surface area (Å²) in [5.74, 6) is 0. The van der Waals surface area contributed by atoms with Crippen LogP contribution in [0, 0.1) is 0 Å². The maximum atomic E-state index is 9.30. The van der Waals surface area contributed by atoms with Gasteiger partial charge in [-0.05, 0) is 22.0 Å². The van der Waals surface area contributed by atoms with Crippen LogP contribution in [0.15, 0.2) is 22.7 Å². The lowest BCUT2D eigenvalue weighted by atomic mass is 10.1. The monoisotopic (exact) mass is 252 g/mol. The molecule has 1 N–H and O–H groups in total. The molecule has 0 bridgehead atoms. The van der Waals surface area contributed by atoms with Crippen LogP contribution < -0.4 is 0 Å². The molecule has 0 aromatic rings. The Morgan fingerprint density at radius 3 is 2.67 bits per heavy atom. The molecule has 9 heavy (non-hydrogen) atoms. The Bertz CT molecular complexity index is 170. The summed E-state index contributed by atoms with van der Waals surface area (Å²) in [6.07, 6.45) is 6.16. The molecule has 1 nitrogen and oxygen atoms in total. The summed E-state index contributed by atoms with van der Waals surface area (Å²) < 4.78 is 0.0775. The molecule has 1 rings (SSSR count). The van der Waals surface area contributed by atoms with Crippen molar-refractivity contribution in [2.75, 3.05) is 0 Å². The fraction of sp³-hybridized carbons (Fsp3) is 0.333. The molecule has 1 aliphatic rings. The number of alkyl halides is 1. The number of allylic oxidation sites excluding steroid dienone is 2. The third-order valence-corrected chi connectivity index (χ3v) is 2.09. The van der Waals surface area contributed by atoms with Gasteiger partial charge in [-0.15, -0.1) is 0 Å². The number of rotatable bonds is 0. The highest BCUT2D eigenvalue weighted by Crippen LogP contribution is 2.28. The van der Waals surface area contributed by atoms with Crippen LogP contribution in [0.25, 0.3) is 0 Å². The molecular formula is C6H6Br2O. The number of hydrogen-bond donors (Lipinski definition) is 1. The largest absolute Gasteiger partial charge is 0.375 e. The quantitative estimate of drug-likeness (QED) is 0.657. The molecule has 1 aliphatic carbocycles. The van der Waals surface area contributed by atoms with Gasteiger partial charge in [0.25, 0.3) is 0 Å². The summed E-state index contributed by atoms with van der Waals surface area (Å²) in [6.45, 7) is 0. The van der Waals surface area contributed by atoms with Crippen LogP contribution in [-0.2, 0) is 0 Å². The molecule has 0 radical (unpaired) electrons. The first-order chi connectivity index (χ1) is 4.10. The molecule has 0 amide bonds. The number of hydrogen-bond acceptors (Lipinski definition) is 1. The van der Waals surface area contributed by atoms with Crippen LogP contribution in [0.4, 0.5) is 0 Å². The van der Waals surface area contributed by atoms with E-state index in [4.69, 9.17) is 0 Å². The highest BCUT2D eigenvalue weighted by molar-refractivity contribution is 9.12. The van der Waals surface area contributed by atoms with Gasteiger partial charge >= 0.3 is 0 Å². The van der Waals surface area contributed by atoms with Crippen LogP contribution >= 0.6 is 31.9 Å². The van der Waals surface area contributed by atoms with Crippen LogP contribution in [0.1, 0.15) is 6.42 Å². The molecule has 0 saturated heterocycles. The predicted octanol–water partition coefficient (Wildman–Crippen LogP) is 2.31. The second-order valence-electron chi connectivity index (χ2n) is 1.95. The van der Waals surface area contributed by atoms with Gasteiger partial charge in [-0.1, -0.05) is 28.1 Å². The average molecular weight is 254 g/mol. The van der Waals surface area contributed by atoms with Crippen LogP contribution in [0.3, 0.4) is 0 Å². The molecule has 1 unspecified atom stereocenters. The van der Waals surface area contributed by atoms with Crippen LogP contribution in [0.2, 0.25) is 0 Å². The van der Waals surface area contributed by atoms with E-state index < -0.39 is 4.51 Å². The van der Waals surface area contributed by atoms with Crippen molar-refractivity contribution in [2.45, 2.75) is 10.9 Å². The molecule has 1 atom stereocenters. The van der Waals surface area contributed by atoms with E-state index >= 15 is 0 Å². The molecule has 0 aliphatic heterocycles. The minimum atomic E-state index is -0.833. The number of aliphatic hydroxyl groups is 1. The summed E-state index contributed by atoms with van der Waals surface area (Å²) >= 11 is 6.38.